The van der Waals surface area contributed by atoms with E-state index in [2.05, 4.69) is 4.98 Å². The predicted molar refractivity (Wildman–Crippen MR) is 57.7 cm³/mol. The molecule has 0 radical (unpaired) electrons. The normalized spacial score (nSPS) is 11.9. The Kier molecular flexibility index (Phi) is 3.18. The molecule has 0 saturated heterocycles. The highest BCUT2D eigenvalue weighted by molar-refractivity contribution is 5.97. The van der Waals surface area contributed by atoms with E-state index in [1.165, 1.54) is 0 Å². The molecular weight excluding hydrogens is 174 g/mol. The lowest BCUT2D eigenvalue weighted by atomic mass is 9.90. The molecule has 0 atom stereocenters. The molecule has 0 unspecified atom stereocenters. The maximum Gasteiger partial charge on any atom is 0.161 e. The summed E-state index contributed by atoms with van der Waals surface area (Å²) in [6.07, 6.45) is 6.85. The number of hydrogen-bond donors (Lipinski definition) is 0. The first-order chi connectivity index (χ1) is 6.50. The summed E-state index contributed by atoms with van der Waals surface area (Å²) in [7, 11) is 0. The molecule has 0 aliphatic carbocycles. The van der Waals surface area contributed by atoms with Gasteiger partial charge in [0.1, 0.15) is 0 Å². The number of nitrogens with zero attached hydrogens (tertiary/aromatic N) is 1. The zero-order valence-electron chi connectivity index (χ0n) is 8.82. The molecule has 1 aromatic heterocycles. The molecule has 1 heterocycles. The number of ketones is 1. The summed E-state index contributed by atoms with van der Waals surface area (Å²) in [5.74, 6) is 0.134. The Labute approximate surface area is 84.7 Å². The Morgan fingerprint density at radius 1 is 1.29 bits per heavy atom. The maximum absolute atomic E-state index is 11.5. The van der Waals surface area contributed by atoms with E-state index in [-0.39, 0.29) is 11.2 Å². The smallest absolute Gasteiger partial charge is 0.161 e. The molecule has 1 rings (SSSR count). The van der Waals surface area contributed by atoms with Gasteiger partial charge in [-0.3, -0.25) is 9.78 Å². The first kappa shape index (κ1) is 10.6. The first-order valence-corrected chi connectivity index (χ1v) is 4.63. The summed E-state index contributed by atoms with van der Waals surface area (Å²) in [6, 6.07) is 3.74. The van der Waals surface area contributed by atoms with Crippen molar-refractivity contribution in [2.45, 2.75) is 20.8 Å². The van der Waals surface area contributed by atoms with Crippen LogP contribution in [0.2, 0.25) is 0 Å². The van der Waals surface area contributed by atoms with Crippen LogP contribution in [0, 0.1) is 5.41 Å². The Balaban J connectivity index is 2.71. The molecule has 1 aromatic rings. The fraction of sp³-hybridized carbons (Fsp3) is 0.333. The van der Waals surface area contributed by atoms with E-state index in [0.29, 0.717) is 0 Å². The second-order valence-electron chi connectivity index (χ2n) is 4.23. The number of carbonyl (C=O) groups excluding carboxylic acids is 1. The fourth-order valence-electron chi connectivity index (χ4n) is 0.896. The number of rotatable bonds is 2. The van der Waals surface area contributed by atoms with Gasteiger partial charge in [0.25, 0.3) is 0 Å². The van der Waals surface area contributed by atoms with Gasteiger partial charge in [-0.05, 0) is 23.8 Å². The maximum atomic E-state index is 11.5. The van der Waals surface area contributed by atoms with Gasteiger partial charge in [-0.1, -0.05) is 26.8 Å². The van der Waals surface area contributed by atoms with Crippen molar-refractivity contribution < 1.29 is 4.79 Å². The molecule has 0 saturated carbocycles. The van der Waals surface area contributed by atoms with Gasteiger partial charge in [-0.25, -0.2) is 0 Å². The Bertz CT molecular complexity index is 333. The van der Waals surface area contributed by atoms with Gasteiger partial charge < -0.3 is 0 Å². The third-order valence-electron chi connectivity index (χ3n) is 1.87. The van der Waals surface area contributed by atoms with Crippen LogP contribution >= 0.6 is 0 Å². The highest BCUT2D eigenvalue weighted by Gasteiger charge is 2.17. The van der Waals surface area contributed by atoms with Crippen LogP contribution in [0.5, 0.6) is 0 Å². The van der Waals surface area contributed by atoms with Crippen LogP contribution in [0.4, 0.5) is 0 Å². The number of hydrogen-bond acceptors (Lipinski definition) is 2. The lowest BCUT2D eigenvalue weighted by Gasteiger charge is -2.12. The van der Waals surface area contributed by atoms with Gasteiger partial charge in [-0.2, -0.15) is 0 Å². The minimum absolute atomic E-state index is 0.134. The van der Waals surface area contributed by atoms with Gasteiger partial charge >= 0.3 is 0 Å². The molecule has 0 amide bonds. The molecule has 0 spiro atoms. The van der Waals surface area contributed by atoms with E-state index in [4.69, 9.17) is 0 Å². The van der Waals surface area contributed by atoms with Crippen molar-refractivity contribution in [3.05, 3.63) is 36.2 Å². The van der Waals surface area contributed by atoms with E-state index in [1.54, 1.807) is 18.5 Å². The molecular formula is C12H15NO. The van der Waals surface area contributed by atoms with E-state index in [9.17, 15) is 4.79 Å². The van der Waals surface area contributed by atoms with Crippen LogP contribution in [0.25, 0.3) is 6.08 Å². The second kappa shape index (κ2) is 4.18. The number of pyridine rings is 1. The molecule has 2 nitrogen and oxygen atoms in total. The lowest BCUT2D eigenvalue weighted by molar-refractivity contribution is -0.121. The van der Waals surface area contributed by atoms with Crippen molar-refractivity contribution in [2.24, 2.45) is 5.41 Å². The average Bonchev–Trinajstić information content (AvgIpc) is 2.14. The summed E-state index contributed by atoms with van der Waals surface area (Å²) in [6.45, 7) is 5.73. The predicted octanol–water partition coefficient (Wildman–Crippen LogP) is 2.71. The third-order valence-corrected chi connectivity index (χ3v) is 1.87. The van der Waals surface area contributed by atoms with Gasteiger partial charge in [-0.15, -0.1) is 0 Å². The van der Waals surface area contributed by atoms with Gasteiger partial charge in [0, 0.05) is 17.8 Å². The largest absolute Gasteiger partial charge is 0.294 e. The minimum Gasteiger partial charge on any atom is -0.294 e. The monoisotopic (exact) mass is 189 g/mol. The summed E-state index contributed by atoms with van der Waals surface area (Å²) in [5.41, 5.74) is 0.696. The van der Waals surface area contributed by atoms with Gasteiger partial charge in [0.2, 0.25) is 0 Å². The van der Waals surface area contributed by atoms with Crippen LogP contribution in [0.15, 0.2) is 30.6 Å². The summed E-state index contributed by atoms with van der Waals surface area (Å²) in [5, 5.41) is 0. The quantitative estimate of drug-likeness (QED) is 0.669. The third kappa shape index (κ3) is 3.13. The van der Waals surface area contributed by atoms with Crippen molar-refractivity contribution in [3.63, 3.8) is 0 Å². The van der Waals surface area contributed by atoms with E-state index in [1.807, 2.05) is 39.0 Å². The van der Waals surface area contributed by atoms with Crippen molar-refractivity contribution in [1.29, 1.82) is 0 Å². The molecule has 0 bridgehead atoms. The van der Waals surface area contributed by atoms with Crippen LogP contribution < -0.4 is 0 Å². The Morgan fingerprint density at radius 3 is 2.36 bits per heavy atom. The van der Waals surface area contributed by atoms with Gasteiger partial charge in [0.05, 0.1) is 0 Å². The van der Waals surface area contributed by atoms with E-state index >= 15 is 0 Å². The highest BCUT2D eigenvalue weighted by Crippen LogP contribution is 2.15. The molecule has 2 heteroatoms. The zero-order chi connectivity index (χ0) is 10.6. The standard InChI is InChI=1S/C12H15NO/c1-12(2,3)11(14)5-4-10-6-8-13-9-7-10/h4-9H,1-3H3/b5-4-. The summed E-state index contributed by atoms with van der Waals surface area (Å²) < 4.78 is 0. The van der Waals surface area contributed by atoms with Crippen LogP contribution in [-0.2, 0) is 4.79 Å². The van der Waals surface area contributed by atoms with Crippen LogP contribution in [-0.4, -0.2) is 10.8 Å². The second-order valence-corrected chi connectivity index (χ2v) is 4.23. The zero-order valence-corrected chi connectivity index (χ0v) is 8.82. The topological polar surface area (TPSA) is 30.0 Å². The molecule has 0 fully saturated rings. The summed E-state index contributed by atoms with van der Waals surface area (Å²) >= 11 is 0. The minimum atomic E-state index is -0.302. The average molecular weight is 189 g/mol. The summed E-state index contributed by atoms with van der Waals surface area (Å²) in [4.78, 5) is 15.4. The molecule has 14 heavy (non-hydrogen) atoms. The fourth-order valence-corrected chi connectivity index (χ4v) is 0.896. The first-order valence-electron chi connectivity index (χ1n) is 4.63. The molecule has 0 aliphatic heterocycles. The van der Waals surface area contributed by atoms with Crippen LogP contribution in [0.3, 0.4) is 0 Å². The van der Waals surface area contributed by atoms with Gasteiger partial charge in [0.15, 0.2) is 5.78 Å². The Hall–Kier alpha value is -1.44. The number of allylic oxidation sites excluding steroid dienone is 1. The van der Waals surface area contributed by atoms with Crippen molar-refractivity contribution in [2.75, 3.05) is 0 Å². The van der Waals surface area contributed by atoms with Crippen molar-refractivity contribution in [1.82, 2.24) is 4.98 Å². The molecule has 0 N–H and O–H groups in total. The Morgan fingerprint density at radius 2 is 1.86 bits per heavy atom. The number of carbonyl (C=O) groups is 1. The number of aromatic nitrogens is 1. The molecule has 0 aromatic carbocycles. The van der Waals surface area contributed by atoms with Crippen LogP contribution in [0.1, 0.15) is 26.3 Å². The van der Waals surface area contributed by atoms with Crippen molar-refractivity contribution >= 4 is 11.9 Å². The molecule has 0 aliphatic rings. The van der Waals surface area contributed by atoms with E-state index < -0.39 is 0 Å². The lowest BCUT2D eigenvalue weighted by Crippen LogP contribution is -2.17. The highest BCUT2D eigenvalue weighted by atomic mass is 16.1. The SMILES string of the molecule is CC(C)(C)C(=O)/C=C\c1ccncc1. The van der Waals surface area contributed by atoms with E-state index in [0.717, 1.165) is 5.56 Å². The van der Waals surface area contributed by atoms with Crippen molar-refractivity contribution in [3.8, 4) is 0 Å². The molecule has 74 valence electrons.